The van der Waals surface area contributed by atoms with Crippen molar-refractivity contribution in [1.82, 2.24) is 10.2 Å². The molecule has 29 heavy (non-hydrogen) atoms. The van der Waals surface area contributed by atoms with Crippen LogP contribution < -0.4 is 10.1 Å². The zero-order chi connectivity index (χ0) is 20.7. The predicted octanol–water partition coefficient (Wildman–Crippen LogP) is 5.65. The van der Waals surface area contributed by atoms with Crippen molar-refractivity contribution in [3.05, 3.63) is 41.8 Å². The van der Waals surface area contributed by atoms with E-state index in [1.165, 1.54) is 25.7 Å². The number of nitrogens with zero attached hydrogens (tertiary/aromatic N) is 2. The van der Waals surface area contributed by atoms with Gasteiger partial charge in [0, 0.05) is 11.6 Å². The summed E-state index contributed by atoms with van der Waals surface area (Å²) in [6.07, 6.45) is 8.23. The van der Waals surface area contributed by atoms with Gasteiger partial charge in [-0.3, -0.25) is 0 Å². The van der Waals surface area contributed by atoms with Crippen LogP contribution in [-0.4, -0.2) is 29.5 Å². The van der Waals surface area contributed by atoms with Crippen LogP contribution in [0.4, 0.5) is 4.79 Å². The molecule has 0 atom stereocenters. The zero-order valence-corrected chi connectivity index (χ0v) is 17.7. The van der Waals surface area contributed by atoms with E-state index in [-0.39, 0.29) is 0 Å². The normalized spacial score (nSPS) is 11.4. The van der Waals surface area contributed by atoms with E-state index in [0.717, 1.165) is 31.2 Å². The fraction of sp³-hybridized carbons (Fsp3) is 0.522. The minimum Gasteiger partial charge on any atom is -0.478 e. The summed E-state index contributed by atoms with van der Waals surface area (Å²) < 4.78 is 11.0. The molecule has 0 spiro atoms. The molecule has 1 amide bonds. The van der Waals surface area contributed by atoms with Gasteiger partial charge in [0.1, 0.15) is 11.1 Å². The molecule has 0 bridgehead atoms. The summed E-state index contributed by atoms with van der Waals surface area (Å²) in [4.78, 5) is 16.4. The van der Waals surface area contributed by atoms with Crippen LogP contribution in [0.3, 0.4) is 0 Å². The fourth-order valence-corrected chi connectivity index (χ4v) is 2.86. The Bertz CT molecular complexity index is 787. The second-order valence-corrected chi connectivity index (χ2v) is 7.03. The number of unbranched alkanes of at least 4 members (excludes halogenated alkanes) is 6. The van der Waals surface area contributed by atoms with Crippen LogP contribution in [0.15, 0.2) is 41.4 Å². The van der Waals surface area contributed by atoms with Crippen molar-refractivity contribution in [3.8, 4) is 17.1 Å². The third-order valence-electron chi connectivity index (χ3n) is 4.53. The predicted molar refractivity (Wildman–Crippen MR) is 115 cm³/mol. The second kappa shape index (κ2) is 13.5. The van der Waals surface area contributed by atoms with E-state index in [0.29, 0.717) is 30.1 Å². The Balaban J connectivity index is 2.06. The first kappa shape index (κ1) is 22.7. The van der Waals surface area contributed by atoms with Gasteiger partial charge >= 0.3 is 6.09 Å². The third-order valence-corrected chi connectivity index (χ3v) is 4.53. The molecule has 158 valence electrons. The highest BCUT2D eigenvalue weighted by molar-refractivity contribution is 5.70. The average molecular weight is 400 g/mol. The van der Waals surface area contributed by atoms with E-state index >= 15 is 0 Å². The van der Waals surface area contributed by atoms with Crippen molar-refractivity contribution in [2.24, 2.45) is 4.99 Å². The Morgan fingerprint density at radius 3 is 2.45 bits per heavy atom. The molecule has 0 aliphatic rings. The Morgan fingerprint density at radius 2 is 1.69 bits per heavy atom. The quantitative estimate of drug-likeness (QED) is 0.468. The number of nitrogens with one attached hydrogen (secondary N) is 1. The number of carbonyl (C=O) groups is 1. The van der Waals surface area contributed by atoms with Crippen LogP contribution in [0.2, 0.25) is 0 Å². The minimum absolute atomic E-state index is 0.390. The van der Waals surface area contributed by atoms with Gasteiger partial charge in [0.15, 0.2) is 0 Å². The number of ether oxygens (including phenoxy) is 2. The maximum Gasteiger partial charge on any atom is 0.434 e. The summed E-state index contributed by atoms with van der Waals surface area (Å²) in [5, 5.41) is 7.71. The van der Waals surface area contributed by atoms with Crippen molar-refractivity contribution in [2.45, 2.75) is 65.2 Å². The number of aromatic amines is 1. The first-order valence-electron chi connectivity index (χ1n) is 10.7. The van der Waals surface area contributed by atoms with Crippen LogP contribution >= 0.6 is 0 Å². The molecule has 2 aromatic rings. The van der Waals surface area contributed by atoms with Crippen LogP contribution in [0.1, 0.15) is 65.2 Å². The number of hydrogen-bond acceptors (Lipinski definition) is 4. The van der Waals surface area contributed by atoms with Crippen molar-refractivity contribution in [1.29, 1.82) is 0 Å². The standard InChI is InChI=1S/C23H33N3O3/c1-3-5-7-8-9-13-17-29-23(27)24-20-18-21(28-16-6-4-2)25-26-22(20)19-14-11-10-12-15-19/h10-12,14-15,18H,3-9,13,16-17H2,1-2H3,(H,24,25,27). The Labute approximate surface area is 173 Å². The lowest BCUT2D eigenvalue weighted by atomic mass is 10.1. The minimum atomic E-state index is -0.594. The van der Waals surface area contributed by atoms with Gasteiger partial charge < -0.3 is 9.47 Å². The number of H-pyrrole nitrogens is 1. The second-order valence-electron chi connectivity index (χ2n) is 7.03. The molecular weight excluding hydrogens is 366 g/mol. The lowest BCUT2D eigenvalue weighted by molar-refractivity contribution is 0.154. The summed E-state index contributed by atoms with van der Waals surface area (Å²) in [7, 11) is 0. The van der Waals surface area contributed by atoms with E-state index in [1.54, 1.807) is 6.07 Å². The van der Waals surface area contributed by atoms with Gasteiger partial charge in [-0.2, -0.15) is 10.1 Å². The first-order valence-corrected chi connectivity index (χ1v) is 10.7. The average Bonchev–Trinajstić information content (AvgIpc) is 2.74. The van der Waals surface area contributed by atoms with E-state index in [4.69, 9.17) is 9.47 Å². The van der Waals surface area contributed by atoms with Crippen LogP contribution in [-0.2, 0) is 4.74 Å². The molecule has 0 saturated heterocycles. The first-order chi connectivity index (χ1) is 14.2. The monoisotopic (exact) mass is 399 g/mol. The van der Waals surface area contributed by atoms with Gasteiger partial charge in [-0.15, -0.1) is 0 Å². The number of amides is 1. The highest BCUT2D eigenvalue weighted by atomic mass is 16.5. The van der Waals surface area contributed by atoms with Crippen LogP contribution in [0.25, 0.3) is 11.3 Å². The Kier molecular flexibility index (Phi) is 10.6. The molecule has 1 aromatic carbocycles. The van der Waals surface area contributed by atoms with Crippen molar-refractivity contribution < 1.29 is 14.3 Å². The molecule has 1 heterocycles. The lowest BCUT2D eigenvalue weighted by Gasteiger charge is -2.07. The number of hydrogen-bond donors (Lipinski definition) is 1. The largest absolute Gasteiger partial charge is 0.478 e. The van der Waals surface area contributed by atoms with Gasteiger partial charge in [-0.25, -0.2) is 9.89 Å². The molecule has 2 rings (SSSR count). The summed E-state index contributed by atoms with van der Waals surface area (Å²) in [5.74, 6) is 0.487. The molecule has 0 radical (unpaired) electrons. The highest BCUT2D eigenvalue weighted by Crippen LogP contribution is 2.13. The molecular formula is C23H33N3O3. The SMILES string of the molecule is CCCCCCCCOC(=O)N=c1cc(OCCCC)[nH]nc1-c1ccccc1. The van der Waals surface area contributed by atoms with Gasteiger partial charge in [0.05, 0.1) is 13.2 Å². The summed E-state index contributed by atoms with van der Waals surface area (Å²) in [6.45, 7) is 5.27. The van der Waals surface area contributed by atoms with Gasteiger partial charge in [0.25, 0.3) is 0 Å². The maximum atomic E-state index is 12.2. The molecule has 0 aliphatic carbocycles. The van der Waals surface area contributed by atoms with Crippen molar-refractivity contribution in [2.75, 3.05) is 13.2 Å². The van der Waals surface area contributed by atoms with Gasteiger partial charge in [0.2, 0.25) is 5.88 Å². The van der Waals surface area contributed by atoms with E-state index in [1.807, 2.05) is 30.3 Å². The molecule has 1 N–H and O–H groups in total. The maximum absolute atomic E-state index is 12.2. The van der Waals surface area contributed by atoms with E-state index < -0.39 is 6.09 Å². The Morgan fingerprint density at radius 1 is 0.966 bits per heavy atom. The molecule has 0 aliphatic heterocycles. The topological polar surface area (TPSA) is 76.6 Å². The summed E-state index contributed by atoms with van der Waals surface area (Å²) >= 11 is 0. The number of carbonyl (C=O) groups excluding carboxylic acids is 1. The Hall–Kier alpha value is -2.63. The van der Waals surface area contributed by atoms with Gasteiger partial charge in [-0.05, 0) is 12.8 Å². The highest BCUT2D eigenvalue weighted by Gasteiger charge is 2.08. The smallest absolute Gasteiger partial charge is 0.434 e. The van der Waals surface area contributed by atoms with E-state index in [2.05, 4.69) is 29.0 Å². The van der Waals surface area contributed by atoms with Crippen LogP contribution in [0.5, 0.6) is 5.88 Å². The molecule has 0 fully saturated rings. The molecule has 0 unspecified atom stereocenters. The van der Waals surface area contributed by atoms with Crippen LogP contribution in [0, 0.1) is 0 Å². The fourth-order valence-electron chi connectivity index (χ4n) is 2.86. The van der Waals surface area contributed by atoms with Crippen molar-refractivity contribution in [3.63, 3.8) is 0 Å². The third kappa shape index (κ3) is 8.50. The van der Waals surface area contributed by atoms with Crippen molar-refractivity contribution >= 4 is 6.09 Å². The zero-order valence-electron chi connectivity index (χ0n) is 17.7. The number of aromatic nitrogens is 2. The molecule has 1 aromatic heterocycles. The summed E-state index contributed by atoms with van der Waals surface area (Å²) in [5.41, 5.74) is 1.45. The van der Waals surface area contributed by atoms with Gasteiger partial charge in [-0.1, -0.05) is 82.7 Å². The molecule has 6 nitrogen and oxygen atoms in total. The number of rotatable bonds is 12. The lowest BCUT2D eigenvalue weighted by Crippen LogP contribution is -2.15. The summed E-state index contributed by atoms with van der Waals surface area (Å²) in [6, 6.07) is 11.3. The molecule has 0 saturated carbocycles. The molecule has 6 heteroatoms. The number of benzene rings is 1. The van der Waals surface area contributed by atoms with E-state index in [9.17, 15) is 4.79 Å².